The van der Waals surface area contributed by atoms with E-state index in [-0.39, 0.29) is 0 Å². The molecule has 1 aromatic carbocycles. The number of fused-ring (bicyclic) bond motifs is 1. The molecule has 1 aliphatic rings. The molecular formula is C12H17N. The van der Waals surface area contributed by atoms with Crippen molar-refractivity contribution in [3.05, 3.63) is 35.4 Å². The second-order valence-electron chi connectivity index (χ2n) is 3.74. The Kier molecular flexibility index (Phi) is 2.65. The summed E-state index contributed by atoms with van der Waals surface area (Å²) in [5.41, 5.74) is 3.07. The maximum Gasteiger partial charge on any atom is 0.0323 e. The van der Waals surface area contributed by atoms with Crippen molar-refractivity contribution < 1.29 is 0 Å². The van der Waals surface area contributed by atoms with Crippen molar-refractivity contribution in [2.24, 2.45) is 0 Å². The summed E-state index contributed by atoms with van der Waals surface area (Å²) in [6.07, 6.45) is 3.71. The van der Waals surface area contributed by atoms with Gasteiger partial charge in [-0.25, -0.2) is 0 Å². The number of hydrogen-bond donors (Lipinski definition) is 1. The van der Waals surface area contributed by atoms with E-state index in [1.165, 1.54) is 24.8 Å². The van der Waals surface area contributed by atoms with Crippen LogP contribution in [-0.4, -0.2) is 6.54 Å². The Morgan fingerprint density at radius 3 is 3.08 bits per heavy atom. The Labute approximate surface area is 80.2 Å². The molecule has 1 atom stereocenters. The van der Waals surface area contributed by atoms with E-state index in [9.17, 15) is 0 Å². The zero-order valence-electron chi connectivity index (χ0n) is 8.22. The number of hydrogen-bond acceptors (Lipinski definition) is 1. The molecule has 0 saturated carbocycles. The van der Waals surface area contributed by atoms with Gasteiger partial charge in [0, 0.05) is 6.04 Å². The minimum Gasteiger partial charge on any atom is -0.310 e. The van der Waals surface area contributed by atoms with Crippen LogP contribution in [0.3, 0.4) is 0 Å². The third-order valence-electron chi connectivity index (χ3n) is 2.79. The molecule has 0 radical (unpaired) electrons. The molecule has 0 aromatic heterocycles. The van der Waals surface area contributed by atoms with Crippen molar-refractivity contribution in [3.8, 4) is 0 Å². The lowest BCUT2D eigenvalue weighted by atomic mass is 9.92. The molecule has 0 spiro atoms. The van der Waals surface area contributed by atoms with Gasteiger partial charge in [-0.3, -0.25) is 0 Å². The summed E-state index contributed by atoms with van der Waals surface area (Å²) in [6.45, 7) is 3.39. The van der Waals surface area contributed by atoms with Crippen LogP contribution in [0.25, 0.3) is 0 Å². The van der Waals surface area contributed by atoms with E-state index >= 15 is 0 Å². The Balaban J connectivity index is 2.26. The van der Waals surface area contributed by atoms with E-state index in [1.54, 1.807) is 5.56 Å². The van der Waals surface area contributed by atoms with E-state index in [0.717, 1.165) is 6.54 Å². The quantitative estimate of drug-likeness (QED) is 0.728. The maximum atomic E-state index is 3.58. The van der Waals surface area contributed by atoms with E-state index in [0.29, 0.717) is 6.04 Å². The fourth-order valence-corrected chi connectivity index (χ4v) is 2.14. The van der Waals surface area contributed by atoms with Gasteiger partial charge in [-0.05, 0) is 30.5 Å². The van der Waals surface area contributed by atoms with Crippen molar-refractivity contribution >= 4 is 0 Å². The third kappa shape index (κ3) is 1.75. The first kappa shape index (κ1) is 8.76. The Morgan fingerprint density at radius 1 is 1.38 bits per heavy atom. The number of nitrogens with one attached hydrogen (secondary N) is 1. The van der Waals surface area contributed by atoms with Gasteiger partial charge in [-0.2, -0.15) is 0 Å². The molecule has 2 rings (SSSR count). The lowest BCUT2D eigenvalue weighted by Gasteiger charge is -2.26. The standard InChI is InChI=1S/C12H17N/c1-2-5-12-11-7-4-3-6-10(11)8-9-13-12/h3-4,6-7,12-13H,2,5,8-9H2,1H3/t12-/m1/s1. The van der Waals surface area contributed by atoms with Crippen LogP contribution < -0.4 is 5.32 Å². The lowest BCUT2D eigenvalue weighted by molar-refractivity contribution is 0.471. The van der Waals surface area contributed by atoms with Gasteiger partial charge in [0.2, 0.25) is 0 Å². The molecule has 0 amide bonds. The number of benzene rings is 1. The molecule has 0 saturated heterocycles. The minimum absolute atomic E-state index is 0.606. The fourth-order valence-electron chi connectivity index (χ4n) is 2.14. The first-order chi connectivity index (χ1) is 6.42. The van der Waals surface area contributed by atoms with Gasteiger partial charge in [0.05, 0.1) is 0 Å². The van der Waals surface area contributed by atoms with Crippen molar-refractivity contribution in [3.63, 3.8) is 0 Å². The zero-order valence-corrected chi connectivity index (χ0v) is 8.22. The molecule has 1 heteroatoms. The summed E-state index contributed by atoms with van der Waals surface area (Å²) in [7, 11) is 0. The molecule has 0 bridgehead atoms. The normalized spacial score (nSPS) is 21.2. The molecule has 13 heavy (non-hydrogen) atoms. The molecule has 1 aliphatic heterocycles. The Hall–Kier alpha value is -0.820. The molecule has 0 fully saturated rings. The van der Waals surface area contributed by atoms with E-state index in [4.69, 9.17) is 0 Å². The smallest absolute Gasteiger partial charge is 0.0323 e. The van der Waals surface area contributed by atoms with E-state index in [1.807, 2.05) is 0 Å². The van der Waals surface area contributed by atoms with Crippen LogP contribution in [0.5, 0.6) is 0 Å². The first-order valence-corrected chi connectivity index (χ1v) is 5.23. The van der Waals surface area contributed by atoms with Gasteiger partial charge < -0.3 is 5.32 Å². The highest BCUT2D eigenvalue weighted by molar-refractivity contribution is 5.32. The molecule has 1 aromatic rings. The van der Waals surface area contributed by atoms with Gasteiger partial charge in [0.25, 0.3) is 0 Å². The van der Waals surface area contributed by atoms with E-state index < -0.39 is 0 Å². The second-order valence-corrected chi connectivity index (χ2v) is 3.74. The van der Waals surface area contributed by atoms with Crippen molar-refractivity contribution in [2.75, 3.05) is 6.54 Å². The number of rotatable bonds is 2. The molecule has 1 nitrogen and oxygen atoms in total. The highest BCUT2D eigenvalue weighted by atomic mass is 14.9. The topological polar surface area (TPSA) is 12.0 Å². The zero-order chi connectivity index (χ0) is 9.10. The van der Waals surface area contributed by atoms with Gasteiger partial charge in [0.1, 0.15) is 0 Å². The second kappa shape index (κ2) is 3.93. The van der Waals surface area contributed by atoms with Gasteiger partial charge in [-0.1, -0.05) is 37.6 Å². The SMILES string of the molecule is CCC[C@H]1NCCc2ccccc21. The van der Waals surface area contributed by atoms with E-state index in [2.05, 4.69) is 36.5 Å². The maximum absolute atomic E-state index is 3.58. The van der Waals surface area contributed by atoms with Crippen molar-refractivity contribution in [1.82, 2.24) is 5.32 Å². The lowest BCUT2D eigenvalue weighted by Crippen LogP contribution is -2.29. The minimum atomic E-state index is 0.606. The molecule has 70 valence electrons. The van der Waals surface area contributed by atoms with Crippen LogP contribution in [0.15, 0.2) is 24.3 Å². The van der Waals surface area contributed by atoms with Gasteiger partial charge >= 0.3 is 0 Å². The predicted octanol–water partition coefficient (Wildman–Crippen LogP) is 2.67. The van der Waals surface area contributed by atoms with Gasteiger partial charge in [0.15, 0.2) is 0 Å². The van der Waals surface area contributed by atoms with Crippen LogP contribution in [0.1, 0.15) is 36.9 Å². The predicted molar refractivity (Wildman–Crippen MR) is 55.8 cm³/mol. The van der Waals surface area contributed by atoms with Crippen LogP contribution in [0.4, 0.5) is 0 Å². The van der Waals surface area contributed by atoms with Crippen LogP contribution in [-0.2, 0) is 6.42 Å². The molecule has 0 aliphatic carbocycles. The summed E-state index contributed by atoms with van der Waals surface area (Å²) in [5, 5.41) is 3.58. The van der Waals surface area contributed by atoms with Gasteiger partial charge in [-0.15, -0.1) is 0 Å². The van der Waals surface area contributed by atoms with Crippen LogP contribution >= 0.6 is 0 Å². The summed E-state index contributed by atoms with van der Waals surface area (Å²) in [4.78, 5) is 0. The summed E-state index contributed by atoms with van der Waals surface area (Å²) in [5.74, 6) is 0. The average molecular weight is 175 g/mol. The first-order valence-electron chi connectivity index (χ1n) is 5.23. The highest BCUT2D eigenvalue weighted by Gasteiger charge is 2.17. The molecular weight excluding hydrogens is 158 g/mol. The fraction of sp³-hybridized carbons (Fsp3) is 0.500. The van der Waals surface area contributed by atoms with Crippen molar-refractivity contribution in [1.29, 1.82) is 0 Å². The monoisotopic (exact) mass is 175 g/mol. The third-order valence-corrected chi connectivity index (χ3v) is 2.79. The summed E-state index contributed by atoms with van der Waals surface area (Å²) < 4.78 is 0. The molecule has 0 unspecified atom stereocenters. The molecule has 1 N–H and O–H groups in total. The van der Waals surface area contributed by atoms with Crippen LogP contribution in [0, 0.1) is 0 Å². The summed E-state index contributed by atoms with van der Waals surface area (Å²) in [6, 6.07) is 9.43. The average Bonchev–Trinajstić information content (AvgIpc) is 2.19. The van der Waals surface area contributed by atoms with Crippen molar-refractivity contribution in [2.45, 2.75) is 32.2 Å². The van der Waals surface area contributed by atoms with Crippen LogP contribution in [0.2, 0.25) is 0 Å². The molecule has 1 heterocycles. The summed E-state index contributed by atoms with van der Waals surface area (Å²) >= 11 is 0. The largest absolute Gasteiger partial charge is 0.310 e. The highest BCUT2D eigenvalue weighted by Crippen LogP contribution is 2.25. The Bertz CT molecular complexity index is 280. The Morgan fingerprint density at radius 2 is 2.23 bits per heavy atom.